The lowest BCUT2D eigenvalue weighted by Crippen LogP contribution is -2.45. The van der Waals surface area contributed by atoms with Crippen molar-refractivity contribution in [1.29, 1.82) is 0 Å². The summed E-state index contributed by atoms with van der Waals surface area (Å²) in [6.45, 7) is 0.799. The molecule has 8 heteroatoms. The van der Waals surface area contributed by atoms with E-state index in [0.717, 1.165) is 24.8 Å². The molecule has 1 aromatic heterocycles. The van der Waals surface area contributed by atoms with Gasteiger partial charge in [0.25, 0.3) is 5.91 Å². The largest absolute Gasteiger partial charge is 0.474 e. The molecule has 1 aliphatic carbocycles. The number of aromatic nitrogens is 1. The van der Waals surface area contributed by atoms with Gasteiger partial charge in [-0.05, 0) is 62.8 Å². The summed E-state index contributed by atoms with van der Waals surface area (Å²) in [5.41, 5.74) is 1.14. The molecular formula is C23H25Cl2N3O3. The summed E-state index contributed by atoms with van der Waals surface area (Å²) in [4.78, 5) is 31.9. The van der Waals surface area contributed by atoms with Gasteiger partial charge in [-0.1, -0.05) is 29.3 Å². The van der Waals surface area contributed by atoms with Crippen LogP contribution in [0.3, 0.4) is 0 Å². The smallest absolute Gasteiger partial charge is 0.256 e. The topological polar surface area (TPSA) is 71.5 Å². The summed E-state index contributed by atoms with van der Waals surface area (Å²) >= 11 is 12.2. The lowest BCUT2D eigenvalue weighted by molar-refractivity contribution is -0.125. The first kappa shape index (κ1) is 21.9. The van der Waals surface area contributed by atoms with E-state index in [2.05, 4.69) is 10.3 Å². The maximum atomic E-state index is 13.0. The van der Waals surface area contributed by atoms with Crippen LogP contribution in [0.2, 0.25) is 10.0 Å². The second-order valence-electron chi connectivity index (χ2n) is 7.99. The molecule has 6 nitrogen and oxygen atoms in total. The van der Waals surface area contributed by atoms with Crippen molar-refractivity contribution in [3.63, 3.8) is 0 Å². The zero-order valence-electron chi connectivity index (χ0n) is 17.2. The third kappa shape index (κ3) is 5.13. The number of ether oxygens (including phenoxy) is 1. The lowest BCUT2D eigenvalue weighted by atomic mass is 10.1. The van der Waals surface area contributed by atoms with Crippen molar-refractivity contribution in [3.05, 3.63) is 57.7 Å². The van der Waals surface area contributed by atoms with Crippen LogP contribution in [0.15, 0.2) is 36.5 Å². The molecule has 1 unspecified atom stereocenters. The van der Waals surface area contributed by atoms with Crippen molar-refractivity contribution in [1.82, 2.24) is 15.2 Å². The number of carbonyl (C=O) groups is 2. The van der Waals surface area contributed by atoms with Gasteiger partial charge in [0.2, 0.25) is 11.8 Å². The third-order valence-corrected chi connectivity index (χ3v) is 6.42. The summed E-state index contributed by atoms with van der Waals surface area (Å²) in [6, 6.07) is 7.96. The highest BCUT2D eigenvalue weighted by molar-refractivity contribution is 6.35. The van der Waals surface area contributed by atoms with Crippen LogP contribution in [0, 0.1) is 0 Å². The highest BCUT2D eigenvalue weighted by Gasteiger charge is 2.35. The normalized spacial score (nSPS) is 18.9. The predicted octanol–water partition coefficient (Wildman–Crippen LogP) is 4.63. The fourth-order valence-electron chi connectivity index (χ4n) is 4.23. The third-order valence-electron chi connectivity index (χ3n) is 5.86. The minimum atomic E-state index is -0.543. The van der Waals surface area contributed by atoms with Gasteiger partial charge >= 0.3 is 0 Å². The van der Waals surface area contributed by atoms with Gasteiger partial charge in [0.15, 0.2) is 0 Å². The van der Waals surface area contributed by atoms with E-state index in [9.17, 15) is 9.59 Å². The Morgan fingerprint density at radius 2 is 1.94 bits per heavy atom. The minimum Gasteiger partial charge on any atom is -0.474 e. The number of hydrogen-bond donors (Lipinski definition) is 1. The summed E-state index contributed by atoms with van der Waals surface area (Å²) < 4.78 is 6.05. The molecule has 31 heavy (non-hydrogen) atoms. The second-order valence-corrected chi connectivity index (χ2v) is 8.83. The predicted molar refractivity (Wildman–Crippen MR) is 119 cm³/mol. The number of carbonyl (C=O) groups excluding carboxylic acids is 2. The zero-order chi connectivity index (χ0) is 21.8. The van der Waals surface area contributed by atoms with Gasteiger partial charge in [0, 0.05) is 29.9 Å². The number of likely N-dealkylation sites (tertiary alicyclic amines) is 1. The molecule has 2 aliphatic rings. The summed E-state index contributed by atoms with van der Waals surface area (Å²) in [6.07, 6.45) is 7.66. The average Bonchev–Trinajstić information content (AvgIpc) is 3.46. The summed E-state index contributed by atoms with van der Waals surface area (Å²) in [5, 5.41) is 3.71. The Morgan fingerprint density at radius 1 is 1.13 bits per heavy atom. The molecule has 1 aromatic carbocycles. The van der Waals surface area contributed by atoms with E-state index in [1.807, 2.05) is 12.1 Å². The van der Waals surface area contributed by atoms with Crippen molar-refractivity contribution in [2.24, 2.45) is 0 Å². The molecule has 2 aromatic rings. The Balaban J connectivity index is 1.41. The van der Waals surface area contributed by atoms with Crippen LogP contribution in [0.4, 0.5) is 0 Å². The molecule has 0 radical (unpaired) electrons. The minimum absolute atomic E-state index is 0.190. The van der Waals surface area contributed by atoms with Crippen molar-refractivity contribution in [3.8, 4) is 5.88 Å². The highest BCUT2D eigenvalue weighted by atomic mass is 35.5. The van der Waals surface area contributed by atoms with Crippen LogP contribution in [-0.2, 0) is 11.3 Å². The van der Waals surface area contributed by atoms with Crippen LogP contribution in [0.5, 0.6) is 5.88 Å². The highest BCUT2D eigenvalue weighted by Crippen LogP contribution is 2.27. The molecule has 1 N–H and O–H groups in total. The van der Waals surface area contributed by atoms with Crippen molar-refractivity contribution >= 4 is 35.0 Å². The van der Waals surface area contributed by atoms with Crippen LogP contribution in [-0.4, -0.2) is 40.4 Å². The van der Waals surface area contributed by atoms with Crippen LogP contribution in [0.25, 0.3) is 0 Å². The first-order valence-corrected chi connectivity index (χ1v) is 11.4. The number of nitrogens with zero attached hydrogens (tertiary/aromatic N) is 2. The van der Waals surface area contributed by atoms with E-state index >= 15 is 0 Å². The van der Waals surface area contributed by atoms with E-state index in [0.29, 0.717) is 41.0 Å². The number of rotatable bonds is 6. The second kappa shape index (κ2) is 9.88. The molecule has 2 fully saturated rings. The molecule has 0 spiro atoms. The number of amides is 2. The van der Waals surface area contributed by atoms with Gasteiger partial charge in [-0.25, -0.2) is 4.98 Å². The molecule has 1 saturated carbocycles. The standard InChI is InChI=1S/C23H25Cl2N3O3/c24-16-9-10-19(25)18(13-16)23(30)28-12-4-8-20(28)21(29)27-14-15-5-3-11-26-22(15)31-17-6-1-2-7-17/h3,5,9-11,13,17,20H,1-2,4,6-8,12,14H2,(H,27,29). The number of pyridine rings is 1. The number of benzene rings is 1. The van der Waals surface area contributed by atoms with Crippen molar-refractivity contribution < 1.29 is 14.3 Å². The van der Waals surface area contributed by atoms with Gasteiger partial charge in [0.05, 0.1) is 10.6 Å². The van der Waals surface area contributed by atoms with Gasteiger partial charge in [-0.15, -0.1) is 0 Å². The van der Waals surface area contributed by atoms with E-state index in [1.54, 1.807) is 29.3 Å². The van der Waals surface area contributed by atoms with Gasteiger partial charge in [-0.2, -0.15) is 0 Å². The van der Waals surface area contributed by atoms with Crippen LogP contribution < -0.4 is 10.1 Å². The number of halogens is 2. The SMILES string of the molecule is O=C(NCc1cccnc1OC1CCCC1)C1CCCN1C(=O)c1cc(Cl)ccc1Cl. The molecule has 0 bridgehead atoms. The monoisotopic (exact) mass is 461 g/mol. The Hall–Kier alpha value is -2.31. The van der Waals surface area contributed by atoms with E-state index in [-0.39, 0.29) is 17.9 Å². The van der Waals surface area contributed by atoms with E-state index in [1.165, 1.54) is 12.8 Å². The molecule has 1 aliphatic heterocycles. The number of hydrogen-bond acceptors (Lipinski definition) is 4. The molecule has 2 heterocycles. The van der Waals surface area contributed by atoms with Crippen molar-refractivity contribution in [2.45, 2.75) is 57.2 Å². The average molecular weight is 462 g/mol. The Bertz CT molecular complexity index is 963. The Labute approximate surface area is 191 Å². The lowest BCUT2D eigenvalue weighted by Gasteiger charge is -2.24. The molecule has 2 amide bonds. The zero-order valence-corrected chi connectivity index (χ0v) is 18.7. The number of nitrogens with one attached hydrogen (secondary N) is 1. The molecule has 1 saturated heterocycles. The first-order valence-electron chi connectivity index (χ1n) is 10.7. The summed E-state index contributed by atoms with van der Waals surface area (Å²) in [5.74, 6) is 0.0937. The van der Waals surface area contributed by atoms with Crippen LogP contribution in [0.1, 0.15) is 54.4 Å². The van der Waals surface area contributed by atoms with E-state index in [4.69, 9.17) is 27.9 Å². The fourth-order valence-corrected chi connectivity index (χ4v) is 4.60. The molecule has 1 atom stereocenters. The quantitative estimate of drug-likeness (QED) is 0.680. The van der Waals surface area contributed by atoms with Gasteiger partial charge in [-0.3, -0.25) is 9.59 Å². The van der Waals surface area contributed by atoms with Gasteiger partial charge in [0.1, 0.15) is 12.1 Å². The summed E-state index contributed by atoms with van der Waals surface area (Å²) in [7, 11) is 0. The van der Waals surface area contributed by atoms with Gasteiger partial charge < -0.3 is 15.0 Å². The molecule has 4 rings (SSSR count). The molecule has 164 valence electrons. The molecular weight excluding hydrogens is 437 g/mol. The Morgan fingerprint density at radius 3 is 2.74 bits per heavy atom. The van der Waals surface area contributed by atoms with Crippen LogP contribution >= 0.6 is 23.2 Å². The first-order chi connectivity index (χ1) is 15.0. The van der Waals surface area contributed by atoms with Crippen molar-refractivity contribution in [2.75, 3.05) is 6.54 Å². The Kier molecular flexibility index (Phi) is 6.98. The van der Waals surface area contributed by atoms with E-state index < -0.39 is 6.04 Å². The maximum Gasteiger partial charge on any atom is 0.256 e. The fraction of sp³-hybridized carbons (Fsp3) is 0.435. The maximum absolute atomic E-state index is 13.0.